The Morgan fingerprint density at radius 3 is 2.33 bits per heavy atom. The molecule has 0 unspecified atom stereocenters. The van der Waals surface area contributed by atoms with Gasteiger partial charge in [-0.3, -0.25) is 9.59 Å². The maximum absolute atomic E-state index is 12.8. The van der Waals surface area contributed by atoms with Crippen molar-refractivity contribution in [2.24, 2.45) is 11.1 Å². The zero-order valence-electron chi connectivity index (χ0n) is 17.6. The van der Waals surface area contributed by atoms with Crippen molar-refractivity contribution < 1.29 is 14.3 Å². The lowest BCUT2D eigenvalue weighted by atomic mass is 9.95. The highest BCUT2D eigenvalue weighted by atomic mass is 16.5. The molecule has 0 radical (unpaired) electrons. The zero-order valence-corrected chi connectivity index (χ0v) is 17.6. The van der Waals surface area contributed by atoms with Crippen molar-refractivity contribution in [1.82, 2.24) is 9.78 Å². The number of primary amides is 1. The van der Waals surface area contributed by atoms with Crippen LogP contribution in [0.3, 0.4) is 0 Å². The van der Waals surface area contributed by atoms with Crippen LogP contribution in [-0.2, 0) is 11.3 Å². The van der Waals surface area contributed by atoms with E-state index < -0.39 is 11.3 Å². The fourth-order valence-corrected chi connectivity index (χ4v) is 2.97. The molecule has 3 aromatic rings. The van der Waals surface area contributed by atoms with Gasteiger partial charge in [0.05, 0.1) is 19.9 Å². The van der Waals surface area contributed by atoms with Crippen molar-refractivity contribution in [2.45, 2.75) is 27.3 Å². The summed E-state index contributed by atoms with van der Waals surface area (Å²) in [5.74, 6) is 0.578. The molecule has 0 saturated carbocycles. The molecule has 3 N–H and O–H groups in total. The van der Waals surface area contributed by atoms with E-state index in [9.17, 15) is 9.59 Å². The fraction of sp³-hybridized carbons (Fsp3) is 0.261. The van der Waals surface area contributed by atoms with E-state index in [-0.39, 0.29) is 5.91 Å². The second-order valence-corrected chi connectivity index (χ2v) is 8.03. The molecule has 0 aliphatic carbocycles. The summed E-state index contributed by atoms with van der Waals surface area (Å²) in [7, 11) is 1.62. The lowest BCUT2D eigenvalue weighted by Gasteiger charge is -2.20. The number of hydrogen-bond acceptors (Lipinski definition) is 4. The van der Waals surface area contributed by atoms with Crippen LogP contribution in [0.4, 0.5) is 5.82 Å². The first-order valence-electron chi connectivity index (χ1n) is 9.60. The van der Waals surface area contributed by atoms with Crippen molar-refractivity contribution >= 4 is 17.6 Å². The first kappa shape index (κ1) is 21.1. The number of nitrogens with zero attached hydrogens (tertiary/aromatic N) is 2. The number of methoxy groups -OCH3 is 1. The minimum Gasteiger partial charge on any atom is -0.497 e. The van der Waals surface area contributed by atoms with Gasteiger partial charge in [-0.25, -0.2) is 4.68 Å². The van der Waals surface area contributed by atoms with Crippen LogP contribution < -0.4 is 15.8 Å². The number of carbonyl (C=O) groups excluding carboxylic acids is 2. The quantitative estimate of drug-likeness (QED) is 0.652. The molecule has 0 fully saturated rings. The third kappa shape index (κ3) is 4.51. The summed E-state index contributed by atoms with van der Waals surface area (Å²) in [5.41, 5.74) is 7.57. The van der Waals surface area contributed by atoms with E-state index in [1.807, 2.05) is 51.1 Å². The summed E-state index contributed by atoms with van der Waals surface area (Å²) in [6.45, 7) is 5.94. The number of hydrogen-bond donors (Lipinski definition) is 2. The average Bonchev–Trinajstić information content (AvgIpc) is 3.09. The first-order valence-corrected chi connectivity index (χ1v) is 9.60. The molecule has 7 nitrogen and oxygen atoms in total. The van der Waals surface area contributed by atoms with Crippen LogP contribution >= 0.6 is 0 Å². The first-order chi connectivity index (χ1) is 14.2. The maximum atomic E-state index is 12.8. The Morgan fingerprint density at radius 1 is 1.07 bits per heavy atom. The predicted molar refractivity (Wildman–Crippen MR) is 116 cm³/mol. The fourth-order valence-electron chi connectivity index (χ4n) is 2.97. The smallest absolute Gasteiger partial charge is 0.249 e. The summed E-state index contributed by atoms with van der Waals surface area (Å²) in [4.78, 5) is 24.7. The molecule has 30 heavy (non-hydrogen) atoms. The topological polar surface area (TPSA) is 99.2 Å². The zero-order chi connectivity index (χ0) is 21.9. The highest BCUT2D eigenvalue weighted by Gasteiger charge is 2.25. The second-order valence-electron chi connectivity index (χ2n) is 8.03. The molecule has 0 aliphatic rings. The van der Waals surface area contributed by atoms with Crippen molar-refractivity contribution in [2.75, 3.05) is 12.4 Å². The summed E-state index contributed by atoms with van der Waals surface area (Å²) in [5, 5.41) is 7.48. The number of nitrogens with two attached hydrogens (primary N) is 1. The van der Waals surface area contributed by atoms with Crippen LogP contribution in [-0.4, -0.2) is 28.7 Å². The van der Waals surface area contributed by atoms with Gasteiger partial charge >= 0.3 is 0 Å². The molecule has 1 heterocycles. The van der Waals surface area contributed by atoms with Crippen molar-refractivity contribution in [3.8, 4) is 16.9 Å². The van der Waals surface area contributed by atoms with E-state index in [1.165, 1.54) is 0 Å². The summed E-state index contributed by atoms with van der Waals surface area (Å²) in [6, 6.07) is 14.6. The number of amides is 2. The van der Waals surface area contributed by atoms with Crippen LogP contribution in [0.25, 0.3) is 11.1 Å². The maximum Gasteiger partial charge on any atom is 0.249 e. The van der Waals surface area contributed by atoms with E-state index in [2.05, 4.69) is 10.4 Å². The monoisotopic (exact) mass is 406 g/mol. The molecule has 0 atom stereocenters. The number of nitrogens with one attached hydrogen (secondary N) is 1. The van der Waals surface area contributed by atoms with Gasteiger partial charge in [0.25, 0.3) is 0 Å². The SMILES string of the molecule is COc1ccc(Cn2ncc(-c3ccccc3C(N)=O)c2NC(=O)C(C)(C)C)cc1. The van der Waals surface area contributed by atoms with E-state index in [0.29, 0.717) is 29.1 Å². The number of ether oxygens (including phenoxy) is 1. The van der Waals surface area contributed by atoms with Crippen LogP contribution in [0.15, 0.2) is 54.7 Å². The summed E-state index contributed by atoms with van der Waals surface area (Å²) < 4.78 is 6.91. The second kappa shape index (κ2) is 8.41. The lowest BCUT2D eigenvalue weighted by molar-refractivity contribution is -0.123. The van der Waals surface area contributed by atoms with Crippen LogP contribution in [0.2, 0.25) is 0 Å². The van der Waals surface area contributed by atoms with Crippen LogP contribution in [0.1, 0.15) is 36.7 Å². The highest BCUT2D eigenvalue weighted by molar-refractivity contribution is 6.03. The van der Waals surface area contributed by atoms with E-state index in [1.54, 1.807) is 36.2 Å². The molecule has 0 aliphatic heterocycles. The van der Waals surface area contributed by atoms with Gasteiger partial charge in [0.1, 0.15) is 11.6 Å². The Balaban J connectivity index is 2.07. The summed E-state index contributed by atoms with van der Waals surface area (Å²) >= 11 is 0. The number of rotatable bonds is 6. The average molecular weight is 406 g/mol. The highest BCUT2D eigenvalue weighted by Crippen LogP contribution is 2.32. The predicted octanol–water partition coefficient (Wildman–Crippen LogP) is 3.69. The lowest BCUT2D eigenvalue weighted by Crippen LogP contribution is -2.29. The molecule has 0 spiro atoms. The minimum atomic E-state index is -0.602. The molecule has 0 saturated heterocycles. The van der Waals surface area contributed by atoms with Gasteiger partial charge in [-0.05, 0) is 29.3 Å². The molecule has 156 valence electrons. The Bertz CT molecular complexity index is 1060. The van der Waals surface area contributed by atoms with Crippen molar-refractivity contribution in [1.29, 1.82) is 0 Å². The van der Waals surface area contributed by atoms with E-state index in [0.717, 1.165) is 11.3 Å². The number of benzene rings is 2. The Hall–Kier alpha value is -3.61. The van der Waals surface area contributed by atoms with Gasteiger partial charge < -0.3 is 15.8 Å². The number of aromatic nitrogens is 2. The molecule has 7 heteroatoms. The minimum absolute atomic E-state index is 0.156. The number of carbonyl (C=O) groups is 2. The molecular formula is C23H26N4O3. The van der Waals surface area contributed by atoms with Gasteiger partial charge in [0.15, 0.2) is 0 Å². The van der Waals surface area contributed by atoms with Crippen LogP contribution in [0, 0.1) is 5.41 Å². The van der Waals surface area contributed by atoms with E-state index in [4.69, 9.17) is 10.5 Å². The Labute approximate surface area is 175 Å². The Kier molecular flexibility index (Phi) is 5.91. The van der Waals surface area contributed by atoms with Crippen LogP contribution in [0.5, 0.6) is 5.75 Å². The summed E-state index contributed by atoms with van der Waals surface area (Å²) in [6.07, 6.45) is 1.64. The van der Waals surface area contributed by atoms with E-state index >= 15 is 0 Å². The normalized spacial score (nSPS) is 11.2. The standard InChI is InChI=1S/C23H26N4O3/c1-23(2,3)22(29)26-21-19(17-7-5-6-8-18(17)20(24)28)13-25-27(21)14-15-9-11-16(30-4)12-10-15/h5-13H,14H2,1-4H3,(H2,24,28)(H,26,29). The molecule has 3 rings (SSSR count). The van der Waals surface area contributed by atoms with Crippen molar-refractivity contribution in [3.05, 3.63) is 65.9 Å². The largest absolute Gasteiger partial charge is 0.497 e. The number of anilines is 1. The molecule has 2 amide bonds. The van der Waals surface area contributed by atoms with Gasteiger partial charge in [-0.15, -0.1) is 0 Å². The molecule has 0 bridgehead atoms. The van der Waals surface area contributed by atoms with Gasteiger partial charge in [-0.2, -0.15) is 5.10 Å². The molecule has 2 aromatic carbocycles. The van der Waals surface area contributed by atoms with Gasteiger partial charge in [0.2, 0.25) is 11.8 Å². The van der Waals surface area contributed by atoms with Gasteiger partial charge in [0, 0.05) is 16.5 Å². The third-order valence-electron chi connectivity index (χ3n) is 4.73. The molecular weight excluding hydrogens is 380 g/mol. The van der Waals surface area contributed by atoms with Crippen molar-refractivity contribution in [3.63, 3.8) is 0 Å². The Morgan fingerprint density at radius 2 is 1.73 bits per heavy atom. The third-order valence-corrected chi connectivity index (χ3v) is 4.73. The molecule has 1 aromatic heterocycles. The van der Waals surface area contributed by atoms with Gasteiger partial charge in [-0.1, -0.05) is 51.1 Å².